The fourth-order valence-corrected chi connectivity index (χ4v) is 1.93. The summed E-state index contributed by atoms with van der Waals surface area (Å²) in [4.78, 5) is 0. The van der Waals surface area contributed by atoms with Crippen LogP contribution in [-0.4, -0.2) is 0 Å². The standard InChI is InChI=1S/C10H18/c1-7(2)10-6-5-8(3)9(10)4/h7-8,10H,4-6H2,1-3H3. The van der Waals surface area contributed by atoms with Gasteiger partial charge in [-0.05, 0) is 30.6 Å². The van der Waals surface area contributed by atoms with Gasteiger partial charge < -0.3 is 0 Å². The molecular formula is C10H18. The lowest BCUT2D eigenvalue weighted by Gasteiger charge is -2.16. The first-order valence-corrected chi connectivity index (χ1v) is 4.31. The summed E-state index contributed by atoms with van der Waals surface area (Å²) < 4.78 is 0. The van der Waals surface area contributed by atoms with Crippen LogP contribution in [0.5, 0.6) is 0 Å². The highest BCUT2D eigenvalue weighted by atomic mass is 14.3. The van der Waals surface area contributed by atoms with E-state index in [0.29, 0.717) is 0 Å². The predicted octanol–water partition coefficient (Wildman–Crippen LogP) is 3.24. The maximum atomic E-state index is 4.14. The molecule has 0 aromatic heterocycles. The minimum Gasteiger partial charge on any atom is -0.0993 e. The molecule has 0 aliphatic heterocycles. The highest BCUT2D eigenvalue weighted by Crippen LogP contribution is 2.38. The van der Waals surface area contributed by atoms with Gasteiger partial charge in [-0.1, -0.05) is 32.9 Å². The molecule has 0 aromatic carbocycles. The van der Waals surface area contributed by atoms with E-state index in [2.05, 4.69) is 27.4 Å². The zero-order valence-electron chi connectivity index (χ0n) is 7.35. The van der Waals surface area contributed by atoms with Gasteiger partial charge in [0.05, 0.1) is 0 Å². The normalized spacial score (nSPS) is 33.8. The quantitative estimate of drug-likeness (QED) is 0.488. The largest absolute Gasteiger partial charge is 0.0993 e. The minimum absolute atomic E-state index is 0.785. The van der Waals surface area contributed by atoms with E-state index >= 15 is 0 Å². The molecule has 0 N–H and O–H groups in total. The first-order chi connectivity index (χ1) is 4.63. The van der Waals surface area contributed by atoms with Crippen molar-refractivity contribution in [1.29, 1.82) is 0 Å². The number of hydrogen-bond acceptors (Lipinski definition) is 0. The average Bonchev–Trinajstić information content (AvgIpc) is 2.14. The van der Waals surface area contributed by atoms with E-state index < -0.39 is 0 Å². The van der Waals surface area contributed by atoms with E-state index in [-0.39, 0.29) is 0 Å². The summed E-state index contributed by atoms with van der Waals surface area (Å²) in [7, 11) is 0. The van der Waals surface area contributed by atoms with E-state index in [1.54, 1.807) is 0 Å². The van der Waals surface area contributed by atoms with Crippen molar-refractivity contribution in [2.24, 2.45) is 17.8 Å². The average molecular weight is 138 g/mol. The van der Waals surface area contributed by atoms with Gasteiger partial charge in [-0.3, -0.25) is 0 Å². The Labute approximate surface area is 64.3 Å². The molecule has 0 bridgehead atoms. The Balaban J connectivity index is 2.57. The molecule has 2 atom stereocenters. The van der Waals surface area contributed by atoms with Crippen LogP contribution < -0.4 is 0 Å². The Morgan fingerprint density at radius 2 is 2.00 bits per heavy atom. The van der Waals surface area contributed by atoms with Crippen molar-refractivity contribution < 1.29 is 0 Å². The molecule has 0 radical (unpaired) electrons. The molecule has 2 unspecified atom stereocenters. The molecule has 0 aromatic rings. The van der Waals surface area contributed by atoms with Gasteiger partial charge in [0.15, 0.2) is 0 Å². The summed E-state index contributed by atoms with van der Waals surface area (Å²) >= 11 is 0. The fourth-order valence-electron chi connectivity index (χ4n) is 1.93. The summed E-state index contributed by atoms with van der Waals surface area (Å²) in [5, 5.41) is 0. The van der Waals surface area contributed by atoms with E-state index in [9.17, 15) is 0 Å². The van der Waals surface area contributed by atoms with Crippen molar-refractivity contribution in [2.75, 3.05) is 0 Å². The second kappa shape index (κ2) is 2.77. The van der Waals surface area contributed by atoms with E-state index in [0.717, 1.165) is 17.8 Å². The Morgan fingerprint density at radius 3 is 2.20 bits per heavy atom. The first-order valence-electron chi connectivity index (χ1n) is 4.31. The second-order valence-corrected chi connectivity index (χ2v) is 3.90. The molecule has 1 aliphatic carbocycles. The fraction of sp³-hybridized carbons (Fsp3) is 0.800. The van der Waals surface area contributed by atoms with Crippen LogP contribution in [-0.2, 0) is 0 Å². The zero-order valence-corrected chi connectivity index (χ0v) is 7.35. The second-order valence-electron chi connectivity index (χ2n) is 3.90. The molecule has 0 saturated heterocycles. The summed E-state index contributed by atoms with van der Waals surface area (Å²) in [6.45, 7) is 11.0. The molecule has 1 aliphatic rings. The van der Waals surface area contributed by atoms with Crippen molar-refractivity contribution in [3.63, 3.8) is 0 Å². The lowest BCUT2D eigenvalue weighted by Crippen LogP contribution is -2.06. The molecule has 1 fully saturated rings. The first kappa shape index (κ1) is 7.84. The molecule has 0 spiro atoms. The third kappa shape index (κ3) is 1.25. The monoisotopic (exact) mass is 138 g/mol. The Morgan fingerprint density at radius 1 is 1.40 bits per heavy atom. The number of rotatable bonds is 1. The van der Waals surface area contributed by atoms with Crippen LogP contribution in [0.25, 0.3) is 0 Å². The van der Waals surface area contributed by atoms with Crippen molar-refractivity contribution in [1.82, 2.24) is 0 Å². The molecule has 1 rings (SSSR count). The van der Waals surface area contributed by atoms with Crippen LogP contribution in [0.3, 0.4) is 0 Å². The molecular weight excluding hydrogens is 120 g/mol. The van der Waals surface area contributed by atoms with Gasteiger partial charge >= 0.3 is 0 Å². The topological polar surface area (TPSA) is 0 Å². The maximum Gasteiger partial charge on any atom is -0.0180 e. The van der Waals surface area contributed by atoms with Gasteiger partial charge in [0.1, 0.15) is 0 Å². The number of allylic oxidation sites excluding steroid dienone is 1. The summed E-state index contributed by atoms with van der Waals surface area (Å²) in [6.07, 6.45) is 2.74. The molecule has 1 saturated carbocycles. The van der Waals surface area contributed by atoms with Crippen molar-refractivity contribution in [2.45, 2.75) is 33.6 Å². The Bertz CT molecular complexity index is 133. The molecule has 0 nitrogen and oxygen atoms in total. The van der Waals surface area contributed by atoms with Crippen molar-refractivity contribution >= 4 is 0 Å². The Hall–Kier alpha value is -0.260. The number of hydrogen-bond donors (Lipinski definition) is 0. The van der Waals surface area contributed by atoms with E-state index in [1.165, 1.54) is 18.4 Å². The van der Waals surface area contributed by atoms with Crippen LogP contribution in [0.4, 0.5) is 0 Å². The van der Waals surface area contributed by atoms with E-state index in [1.807, 2.05) is 0 Å². The van der Waals surface area contributed by atoms with Crippen molar-refractivity contribution in [3.05, 3.63) is 12.2 Å². The zero-order chi connectivity index (χ0) is 7.72. The lowest BCUT2D eigenvalue weighted by atomic mass is 9.90. The van der Waals surface area contributed by atoms with Crippen molar-refractivity contribution in [3.8, 4) is 0 Å². The smallest absolute Gasteiger partial charge is 0.0180 e. The summed E-state index contributed by atoms with van der Waals surface area (Å²) in [6, 6.07) is 0. The van der Waals surface area contributed by atoms with Crippen LogP contribution >= 0.6 is 0 Å². The third-order valence-electron chi connectivity index (χ3n) is 2.82. The molecule has 0 heteroatoms. The van der Waals surface area contributed by atoms with Gasteiger partial charge in [-0.15, -0.1) is 0 Å². The van der Waals surface area contributed by atoms with Gasteiger partial charge in [0.2, 0.25) is 0 Å². The van der Waals surface area contributed by atoms with Gasteiger partial charge in [0, 0.05) is 0 Å². The van der Waals surface area contributed by atoms with Crippen LogP contribution in [0.15, 0.2) is 12.2 Å². The molecule has 0 amide bonds. The van der Waals surface area contributed by atoms with Gasteiger partial charge in [0.25, 0.3) is 0 Å². The molecule has 58 valence electrons. The maximum absolute atomic E-state index is 4.14. The summed E-state index contributed by atoms with van der Waals surface area (Å²) in [5.41, 5.74) is 1.50. The van der Waals surface area contributed by atoms with Gasteiger partial charge in [-0.25, -0.2) is 0 Å². The summed E-state index contributed by atoms with van der Waals surface area (Å²) in [5.74, 6) is 2.40. The SMILES string of the molecule is C=C1C(C)CCC1C(C)C. The van der Waals surface area contributed by atoms with E-state index in [4.69, 9.17) is 0 Å². The minimum atomic E-state index is 0.785. The Kier molecular flexibility index (Phi) is 2.18. The lowest BCUT2D eigenvalue weighted by molar-refractivity contribution is 0.453. The van der Waals surface area contributed by atoms with Crippen LogP contribution in [0.2, 0.25) is 0 Å². The van der Waals surface area contributed by atoms with Gasteiger partial charge in [-0.2, -0.15) is 0 Å². The molecule has 0 heterocycles. The highest BCUT2D eigenvalue weighted by Gasteiger charge is 2.27. The third-order valence-corrected chi connectivity index (χ3v) is 2.82. The van der Waals surface area contributed by atoms with Crippen LogP contribution in [0, 0.1) is 17.8 Å². The van der Waals surface area contributed by atoms with Crippen LogP contribution in [0.1, 0.15) is 33.6 Å². The molecule has 10 heavy (non-hydrogen) atoms. The highest BCUT2D eigenvalue weighted by molar-refractivity contribution is 5.10. The predicted molar refractivity (Wildman–Crippen MR) is 45.9 cm³/mol.